The number of ketones is 1. The molecule has 0 bridgehead atoms. The van der Waals surface area contributed by atoms with Crippen LogP contribution in [0.3, 0.4) is 0 Å². The highest BCUT2D eigenvalue weighted by molar-refractivity contribution is 8.00. The molecule has 0 aliphatic heterocycles. The van der Waals surface area contributed by atoms with Gasteiger partial charge in [0, 0.05) is 22.7 Å². The number of rotatable bonds is 5. The molecule has 0 saturated heterocycles. The molecule has 0 aliphatic rings. The number of nitrogens with zero attached hydrogens (tertiary/aromatic N) is 2. The van der Waals surface area contributed by atoms with Gasteiger partial charge in [0.2, 0.25) is 0 Å². The summed E-state index contributed by atoms with van der Waals surface area (Å²) in [6, 6.07) is 11.2. The number of Topliss-reactive ketones (excluding diaryl/α,β-unsaturated/α-hetero) is 1. The zero-order valence-corrected chi connectivity index (χ0v) is 13.5. The SMILES string of the molecule is C[C@H](Sc1nnc(-c2ccco2)o1)C(=O)c1c[nH]c2ccccc12. The Bertz CT molecular complexity index is 988. The summed E-state index contributed by atoms with van der Waals surface area (Å²) in [7, 11) is 0. The molecule has 0 saturated carbocycles. The molecule has 1 aromatic carbocycles. The summed E-state index contributed by atoms with van der Waals surface area (Å²) < 4.78 is 10.8. The Morgan fingerprint density at radius 1 is 1.21 bits per heavy atom. The molecule has 4 aromatic rings. The minimum absolute atomic E-state index is 0.00944. The molecule has 3 aromatic heterocycles. The zero-order valence-electron chi connectivity index (χ0n) is 12.7. The average molecular weight is 339 g/mol. The van der Waals surface area contributed by atoms with E-state index in [1.807, 2.05) is 31.2 Å². The third-order valence-corrected chi connectivity index (χ3v) is 4.57. The highest BCUT2D eigenvalue weighted by Gasteiger charge is 2.22. The molecule has 0 fully saturated rings. The van der Waals surface area contributed by atoms with Crippen LogP contribution in [-0.4, -0.2) is 26.2 Å². The van der Waals surface area contributed by atoms with Gasteiger partial charge >= 0.3 is 0 Å². The van der Waals surface area contributed by atoms with Crippen molar-refractivity contribution in [1.29, 1.82) is 0 Å². The van der Waals surface area contributed by atoms with Gasteiger partial charge in [-0.3, -0.25) is 4.79 Å². The normalized spacial score (nSPS) is 12.5. The number of thioether (sulfide) groups is 1. The summed E-state index contributed by atoms with van der Waals surface area (Å²) in [4.78, 5) is 15.8. The Kier molecular flexibility index (Phi) is 3.70. The molecule has 0 aliphatic carbocycles. The van der Waals surface area contributed by atoms with Crippen molar-refractivity contribution < 1.29 is 13.6 Å². The van der Waals surface area contributed by atoms with E-state index in [-0.39, 0.29) is 11.0 Å². The van der Waals surface area contributed by atoms with Crippen LogP contribution in [0.25, 0.3) is 22.6 Å². The van der Waals surface area contributed by atoms with E-state index in [4.69, 9.17) is 8.83 Å². The van der Waals surface area contributed by atoms with E-state index in [1.165, 1.54) is 18.0 Å². The van der Waals surface area contributed by atoms with Gasteiger partial charge in [0.25, 0.3) is 11.1 Å². The lowest BCUT2D eigenvalue weighted by molar-refractivity contribution is 0.0995. The summed E-state index contributed by atoms with van der Waals surface area (Å²) in [5.41, 5.74) is 1.60. The monoisotopic (exact) mass is 339 g/mol. The van der Waals surface area contributed by atoms with E-state index in [1.54, 1.807) is 18.3 Å². The van der Waals surface area contributed by atoms with Crippen LogP contribution in [0.15, 0.2) is 62.9 Å². The van der Waals surface area contributed by atoms with Gasteiger partial charge in [0.15, 0.2) is 11.5 Å². The summed E-state index contributed by atoms with van der Waals surface area (Å²) in [5, 5.41) is 8.80. The quantitative estimate of drug-likeness (QED) is 0.434. The van der Waals surface area contributed by atoms with E-state index in [9.17, 15) is 4.79 Å². The van der Waals surface area contributed by atoms with Gasteiger partial charge in [-0.25, -0.2) is 0 Å². The number of benzene rings is 1. The molecule has 24 heavy (non-hydrogen) atoms. The standard InChI is InChI=1S/C17H13N3O3S/c1-10(15(21)12-9-18-13-6-3-2-5-11(12)13)24-17-20-19-16(23-17)14-7-4-8-22-14/h2-10,18H,1H3/t10-/m0/s1. The molecule has 7 heteroatoms. The number of para-hydroxylation sites is 1. The third-order valence-electron chi connectivity index (χ3n) is 3.64. The highest BCUT2D eigenvalue weighted by atomic mass is 32.2. The lowest BCUT2D eigenvalue weighted by Gasteiger charge is -2.06. The van der Waals surface area contributed by atoms with Gasteiger partial charge < -0.3 is 13.8 Å². The molecule has 0 spiro atoms. The van der Waals surface area contributed by atoms with Gasteiger partial charge in [-0.15, -0.1) is 10.2 Å². The maximum atomic E-state index is 12.7. The van der Waals surface area contributed by atoms with Crippen LogP contribution >= 0.6 is 11.8 Å². The third kappa shape index (κ3) is 2.63. The van der Waals surface area contributed by atoms with E-state index in [0.29, 0.717) is 22.4 Å². The Morgan fingerprint density at radius 3 is 2.92 bits per heavy atom. The molecule has 0 radical (unpaired) electrons. The molecular formula is C17H13N3O3S. The second-order valence-corrected chi connectivity index (χ2v) is 6.51. The first kappa shape index (κ1) is 14.8. The number of hydrogen-bond acceptors (Lipinski definition) is 6. The Balaban J connectivity index is 1.54. The summed E-state index contributed by atoms with van der Waals surface area (Å²) >= 11 is 1.23. The Morgan fingerprint density at radius 2 is 2.08 bits per heavy atom. The summed E-state index contributed by atoms with van der Waals surface area (Å²) in [6.07, 6.45) is 3.28. The van der Waals surface area contributed by atoms with Crippen molar-refractivity contribution in [2.24, 2.45) is 0 Å². The van der Waals surface area contributed by atoms with Gasteiger partial charge in [-0.1, -0.05) is 30.0 Å². The van der Waals surface area contributed by atoms with E-state index >= 15 is 0 Å². The van der Waals surface area contributed by atoms with Crippen LogP contribution in [0.5, 0.6) is 0 Å². The first-order valence-corrected chi connectivity index (χ1v) is 8.24. The smallest absolute Gasteiger partial charge is 0.284 e. The van der Waals surface area contributed by atoms with Crippen LogP contribution < -0.4 is 0 Å². The zero-order chi connectivity index (χ0) is 16.5. The molecule has 0 amide bonds. The fourth-order valence-electron chi connectivity index (χ4n) is 2.46. The maximum absolute atomic E-state index is 12.7. The number of fused-ring (bicyclic) bond motifs is 1. The molecule has 0 unspecified atom stereocenters. The van der Waals surface area contributed by atoms with Crippen molar-refractivity contribution in [2.75, 3.05) is 0 Å². The number of carbonyl (C=O) groups is 1. The molecule has 4 rings (SSSR count). The number of nitrogens with one attached hydrogen (secondary N) is 1. The van der Waals surface area contributed by atoms with Crippen molar-refractivity contribution in [2.45, 2.75) is 17.4 Å². The molecule has 3 heterocycles. The topological polar surface area (TPSA) is 84.9 Å². The van der Waals surface area contributed by atoms with E-state index < -0.39 is 0 Å². The average Bonchev–Trinajstić information content (AvgIpc) is 3.33. The number of carbonyl (C=O) groups excluding carboxylic acids is 1. The molecule has 1 atom stereocenters. The van der Waals surface area contributed by atoms with E-state index in [2.05, 4.69) is 15.2 Å². The van der Waals surface area contributed by atoms with Crippen LogP contribution in [0.1, 0.15) is 17.3 Å². The van der Waals surface area contributed by atoms with Crippen LogP contribution in [0.4, 0.5) is 0 Å². The number of H-pyrrole nitrogens is 1. The second kappa shape index (κ2) is 6.01. The number of furan rings is 1. The number of hydrogen-bond donors (Lipinski definition) is 1. The molecule has 1 N–H and O–H groups in total. The van der Waals surface area contributed by atoms with E-state index in [0.717, 1.165) is 10.9 Å². The van der Waals surface area contributed by atoms with Gasteiger partial charge in [-0.2, -0.15) is 0 Å². The number of aromatic nitrogens is 3. The van der Waals surface area contributed by atoms with Crippen molar-refractivity contribution >= 4 is 28.4 Å². The Labute approximate surface area is 141 Å². The van der Waals surface area contributed by atoms with Gasteiger partial charge in [-0.05, 0) is 25.1 Å². The molecule has 120 valence electrons. The largest absolute Gasteiger partial charge is 0.459 e. The first-order valence-electron chi connectivity index (χ1n) is 7.37. The minimum atomic E-state index is -0.353. The van der Waals surface area contributed by atoms with Crippen LogP contribution in [0.2, 0.25) is 0 Å². The molecule has 6 nitrogen and oxygen atoms in total. The fraction of sp³-hybridized carbons (Fsp3) is 0.118. The van der Waals surface area contributed by atoms with Crippen molar-refractivity contribution in [3.05, 3.63) is 54.4 Å². The van der Waals surface area contributed by atoms with Gasteiger partial charge in [0.05, 0.1) is 11.5 Å². The van der Waals surface area contributed by atoms with Crippen LogP contribution in [0, 0.1) is 0 Å². The van der Waals surface area contributed by atoms with Crippen molar-refractivity contribution in [1.82, 2.24) is 15.2 Å². The van der Waals surface area contributed by atoms with Gasteiger partial charge in [0.1, 0.15) is 0 Å². The van der Waals surface area contributed by atoms with Crippen molar-refractivity contribution in [3.8, 4) is 11.7 Å². The van der Waals surface area contributed by atoms with Crippen LogP contribution in [-0.2, 0) is 0 Å². The predicted molar refractivity (Wildman–Crippen MR) is 89.9 cm³/mol. The van der Waals surface area contributed by atoms with Crippen molar-refractivity contribution in [3.63, 3.8) is 0 Å². The minimum Gasteiger partial charge on any atom is -0.459 e. The summed E-state index contributed by atoms with van der Waals surface area (Å²) in [5.74, 6) is 0.814. The lowest BCUT2D eigenvalue weighted by Crippen LogP contribution is -2.13. The predicted octanol–water partition coefficient (Wildman–Crippen LogP) is 4.17. The summed E-state index contributed by atoms with van der Waals surface area (Å²) in [6.45, 7) is 1.82. The maximum Gasteiger partial charge on any atom is 0.284 e. The Hall–Kier alpha value is -2.80. The number of aromatic amines is 1. The second-order valence-electron chi connectivity index (χ2n) is 5.22. The highest BCUT2D eigenvalue weighted by Crippen LogP contribution is 2.29. The first-order chi connectivity index (χ1) is 11.7. The lowest BCUT2D eigenvalue weighted by atomic mass is 10.1. The molecular weight excluding hydrogens is 326 g/mol. The fourth-order valence-corrected chi connectivity index (χ4v) is 3.21.